The Morgan fingerprint density at radius 2 is 2.10 bits per heavy atom. The van der Waals surface area contributed by atoms with Crippen LogP contribution in [-0.4, -0.2) is 19.9 Å². The molecule has 4 N–H and O–H groups in total. The zero-order chi connectivity index (χ0) is 13.7. The Bertz CT molecular complexity index is 784. The third-order valence-electron chi connectivity index (χ3n) is 3.99. The highest BCUT2D eigenvalue weighted by Crippen LogP contribution is 2.37. The normalized spacial score (nSPS) is 17.3. The Morgan fingerprint density at radius 3 is 2.85 bits per heavy atom. The van der Waals surface area contributed by atoms with Crippen LogP contribution in [0.25, 0.3) is 22.6 Å². The molecule has 0 atom stereocenters. The summed E-state index contributed by atoms with van der Waals surface area (Å²) in [5.74, 6) is 1.65. The molecule has 1 aliphatic carbocycles. The van der Waals surface area contributed by atoms with E-state index in [1.807, 2.05) is 18.2 Å². The van der Waals surface area contributed by atoms with Gasteiger partial charge >= 0.3 is 0 Å². The number of halogens is 1. The van der Waals surface area contributed by atoms with Crippen molar-refractivity contribution in [2.45, 2.75) is 24.8 Å². The molecule has 1 fully saturated rings. The lowest BCUT2D eigenvalue weighted by atomic mass is 9.77. The molecule has 2 aromatic heterocycles. The second-order valence-electron chi connectivity index (χ2n) is 5.40. The molecule has 4 rings (SSSR count). The molecule has 0 saturated heterocycles. The van der Waals surface area contributed by atoms with Crippen LogP contribution in [0.5, 0.6) is 0 Å². The molecule has 2 heterocycles. The largest absolute Gasteiger partial charge is 0.338 e. The van der Waals surface area contributed by atoms with Crippen LogP contribution in [0.3, 0.4) is 0 Å². The van der Waals surface area contributed by atoms with Crippen molar-refractivity contribution in [3.8, 4) is 11.5 Å². The smallest absolute Gasteiger partial charge is 0.156 e. The fourth-order valence-electron chi connectivity index (χ4n) is 2.60. The van der Waals surface area contributed by atoms with E-state index >= 15 is 0 Å². The highest BCUT2D eigenvalue weighted by Gasteiger charge is 2.37. The minimum atomic E-state index is -0.271. The van der Waals surface area contributed by atoms with Crippen molar-refractivity contribution in [2.75, 3.05) is 0 Å². The van der Waals surface area contributed by atoms with E-state index in [-0.39, 0.29) is 5.54 Å². The van der Waals surface area contributed by atoms with E-state index in [0.29, 0.717) is 0 Å². The van der Waals surface area contributed by atoms with Gasteiger partial charge in [0, 0.05) is 4.47 Å². The van der Waals surface area contributed by atoms with E-state index < -0.39 is 0 Å². The quantitative estimate of drug-likeness (QED) is 0.674. The van der Waals surface area contributed by atoms with Crippen LogP contribution in [0, 0.1) is 0 Å². The van der Waals surface area contributed by atoms with E-state index in [1.165, 1.54) is 6.42 Å². The molecule has 6 heteroatoms. The zero-order valence-corrected chi connectivity index (χ0v) is 12.4. The molecule has 1 saturated carbocycles. The lowest BCUT2D eigenvalue weighted by molar-refractivity contribution is 0.240. The van der Waals surface area contributed by atoms with Gasteiger partial charge in [-0.15, -0.1) is 0 Å². The molecule has 0 bridgehead atoms. The molecular weight excluding hydrogens is 318 g/mol. The summed E-state index contributed by atoms with van der Waals surface area (Å²) in [6.45, 7) is 0. The lowest BCUT2D eigenvalue weighted by Crippen LogP contribution is -2.44. The van der Waals surface area contributed by atoms with Crippen LogP contribution in [0.15, 0.2) is 28.9 Å². The van der Waals surface area contributed by atoms with Crippen molar-refractivity contribution in [3.05, 3.63) is 34.7 Å². The molecular formula is C14H14BrN5. The van der Waals surface area contributed by atoms with Gasteiger partial charge in [0.05, 0.1) is 22.8 Å². The predicted octanol–water partition coefficient (Wildman–Crippen LogP) is 3.05. The number of imidazole rings is 2. The number of benzene rings is 1. The standard InChI is InChI=1S/C14H14BrN5/c15-8-2-3-9-10(6-8)19-12(18-9)11-7-17-13(20-11)14(16)4-1-5-14/h2-3,6-7H,1,4-5,16H2,(H,17,20)(H,18,19). The number of aromatic nitrogens is 4. The Kier molecular flexibility index (Phi) is 2.52. The van der Waals surface area contributed by atoms with Crippen molar-refractivity contribution >= 4 is 27.0 Å². The summed E-state index contributed by atoms with van der Waals surface area (Å²) in [6, 6.07) is 5.97. The molecule has 1 aromatic carbocycles. The first kappa shape index (κ1) is 12.1. The fraction of sp³-hybridized carbons (Fsp3) is 0.286. The maximum absolute atomic E-state index is 6.28. The van der Waals surface area contributed by atoms with Gasteiger partial charge in [-0.3, -0.25) is 0 Å². The van der Waals surface area contributed by atoms with E-state index in [1.54, 1.807) is 6.20 Å². The Labute approximate surface area is 124 Å². The van der Waals surface area contributed by atoms with Gasteiger partial charge in [-0.2, -0.15) is 0 Å². The molecule has 0 unspecified atom stereocenters. The molecule has 102 valence electrons. The fourth-order valence-corrected chi connectivity index (χ4v) is 2.96. The number of nitrogens with two attached hydrogens (primary N) is 1. The topological polar surface area (TPSA) is 83.4 Å². The van der Waals surface area contributed by atoms with E-state index in [0.717, 1.165) is 45.7 Å². The highest BCUT2D eigenvalue weighted by atomic mass is 79.9. The summed E-state index contributed by atoms with van der Waals surface area (Å²) < 4.78 is 1.03. The van der Waals surface area contributed by atoms with Crippen LogP contribution < -0.4 is 5.73 Å². The van der Waals surface area contributed by atoms with E-state index in [9.17, 15) is 0 Å². The molecule has 0 spiro atoms. The average Bonchev–Trinajstić information content (AvgIpc) is 3.01. The maximum atomic E-state index is 6.28. The second kappa shape index (κ2) is 4.17. The minimum Gasteiger partial charge on any atom is -0.338 e. The SMILES string of the molecule is NC1(c2ncc(-c3nc4ccc(Br)cc4[nH]3)[nH]2)CCC1. The zero-order valence-electron chi connectivity index (χ0n) is 10.8. The van der Waals surface area contributed by atoms with Crippen molar-refractivity contribution in [2.24, 2.45) is 5.73 Å². The third kappa shape index (κ3) is 1.79. The summed E-state index contributed by atoms with van der Waals surface area (Å²) in [5, 5.41) is 0. The van der Waals surface area contributed by atoms with Gasteiger partial charge < -0.3 is 15.7 Å². The average molecular weight is 332 g/mol. The van der Waals surface area contributed by atoms with Gasteiger partial charge in [0.2, 0.25) is 0 Å². The van der Waals surface area contributed by atoms with Crippen LogP contribution in [0.2, 0.25) is 0 Å². The van der Waals surface area contributed by atoms with Gasteiger partial charge in [-0.25, -0.2) is 9.97 Å². The molecule has 20 heavy (non-hydrogen) atoms. The Balaban J connectivity index is 1.75. The molecule has 5 nitrogen and oxygen atoms in total. The van der Waals surface area contributed by atoms with Gasteiger partial charge in [0.1, 0.15) is 11.5 Å². The monoisotopic (exact) mass is 331 g/mol. The summed E-state index contributed by atoms with van der Waals surface area (Å²) in [5.41, 5.74) is 8.82. The van der Waals surface area contributed by atoms with Gasteiger partial charge in [-0.05, 0) is 37.5 Å². The van der Waals surface area contributed by atoms with Gasteiger partial charge in [0.25, 0.3) is 0 Å². The van der Waals surface area contributed by atoms with E-state index in [4.69, 9.17) is 5.73 Å². The van der Waals surface area contributed by atoms with Crippen LogP contribution in [-0.2, 0) is 5.54 Å². The van der Waals surface area contributed by atoms with E-state index in [2.05, 4.69) is 35.9 Å². The van der Waals surface area contributed by atoms with Crippen molar-refractivity contribution in [1.82, 2.24) is 19.9 Å². The molecule has 3 aromatic rings. The number of H-pyrrole nitrogens is 2. The lowest BCUT2D eigenvalue weighted by Gasteiger charge is -2.35. The van der Waals surface area contributed by atoms with Crippen molar-refractivity contribution in [3.63, 3.8) is 0 Å². The van der Waals surface area contributed by atoms with Crippen LogP contribution in [0.4, 0.5) is 0 Å². The van der Waals surface area contributed by atoms with Crippen LogP contribution >= 0.6 is 15.9 Å². The number of hydrogen-bond acceptors (Lipinski definition) is 3. The summed E-state index contributed by atoms with van der Waals surface area (Å²) >= 11 is 3.46. The summed E-state index contributed by atoms with van der Waals surface area (Å²) in [4.78, 5) is 15.6. The Hall–Kier alpha value is -1.66. The van der Waals surface area contributed by atoms with Crippen molar-refractivity contribution < 1.29 is 0 Å². The van der Waals surface area contributed by atoms with Crippen LogP contribution in [0.1, 0.15) is 25.1 Å². The predicted molar refractivity (Wildman–Crippen MR) is 81.1 cm³/mol. The number of rotatable bonds is 2. The second-order valence-corrected chi connectivity index (χ2v) is 6.32. The summed E-state index contributed by atoms with van der Waals surface area (Å²) in [7, 11) is 0. The molecule has 1 aliphatic rings. The molecule has 0 aliphatic heterocycles. The molecule has 0 amide bonds. The van der Waals surface area contributed by atoms with Crippen molar-refractivity contribution in [1.29, 1.82) is 0 Å². The highest BCUT2D eigenvalue weighted by molar-refractivity contribution is 9.10. The first-order valence-electron chi connectivity index (χ1n) is 6.64. The van der Waals surface area contributed by atoms with Gasteiger partial charge in [0.15, 0.2) is 5.82 Å². The summed E-state index contributed by atoms with van der Waals surface area (Å²) in [6.07, 6.45) is 4.96. The molecule has 0 radical (unpaired) electrons. The first-order chi connectivity index (χ1) is 9.64. The number of fused-ring (bicyclic) bond motifs is 1. The number of hydrogen-bond donors (Lipinski definition) is 3. The number of nitrogens with zero attached hydrogens (tertiary/aromatic N) is 2. The number of nitrogens with one attached hydrogen (secondary N) is 2. The van der Waals surface area contributed by atoms with Gasteiger partial charge in [-0.1, -0.05) is 15.9 Å². The maximum Gasteiger partial charge on any atom is 0.156 e. The third-order valence-corrected chi connectivity index (χ3v) is 4.49. The minimum absolute atomic E-state index is 0.271. The Morgan fingerprint density at radius 1 is 1.25 bits per heavy atom. The number of aromatic amines is 2. The first-order valence-corrected chi connectivity index (χ1v) is 7.43.